The molecule has 1 rings (SSSR count). The number of rotatable bonds is 2. The lowest BCUT2D eigenvalue weighted by molar-refractivity contribution is -0.135. The Morgan fingerprint density at radius 3 is 2.69 bits per heavy atom. The van der Waals surface area contributed by atoms with Gasteiger partial charge < -0.3 is 15.3 Å². The topological polar surface area (TPSA) is 73.9 Å². The molecule has 2 N–H and O–H groups in total. The zero-order valence-corrected chi connectivity index (χ0v) is 10.0. The molecule has 6 heteroatoms. The maximum absolute atomic E-state index is 11.5. The maximum atomic E-state index is 11.5. The van der Waals surface area contributed by atoms with Crippen molar-refractivity contribution in [2.24, 2.45) is 10.9 Å². The number of hydrogen-bond acceptors (Lipinski definition) is 5. The summed E-state index contributed by atoms with van der Waals surface area (Å²) in [4.78, 5) is 16.1. The number of methoxy groups -OCH3 is 1. The summed E-state index contributed by atoms with van der Waals surface area (Å²) in [5.74, 6) is -0.480. The number of carbonyl (C=O) groups is 1. The number of halogens is 1. The van der Waals surface area contributed by atoms with Crippen LogP contribution in [-0.4, -0.2) is 31.9 Å². The molecule has 1 atom stereocenters. The molecular weight excluding hydrogens is 232 g/mol. The lowest BCUT2D eigenvalue weighted by Crippen LogP contribution is -2.34. The number of nitrogens with two attached hydrogens (primary N) is 1. The van der Waals surface area contributed by atoms with Crippen molar-refractivity contribution in [1.29, 1.82) is 0 Å². The van der Waals surface area contributed by atoms with E-state index >= 15 is 0 Å². The van der Waals surface area contributed by atoms with Crippen LogP contribution in [0.4, 0.5) is 0 Å². The van der Waals surface area contributed by atoms with Crippen LogP contribution in [0.1, 0.15) is 6.92 Å². The summed E-state index contributed by atoms with van der Waals surface area (Å²) in [6.45, 7) is 1.70. The van der Waals surface area contributed by atoms with Crippen molar-refractivity contribution in [2.45, 2.75) is 13.0 Å². The van der Waals surface area contributed by atoms with Crippen molar-refractivity contribution < 1.29 is 14.4 Å². The van der Waals surface area contributed by atoms with Crippen LogP contribution < -0.4 is 5.73 Å². The first-order valence-corrected chi connectivity index (χ1v) is 4.94. The Labute approximate surface area is 98.5 Å². The quantitative estimate of drug-likeness (QED) is 0.580. The molecule has 0 saturated carbocycles. The average molecular weight is 245 g/mol. The predicted octanol–water partition coefficient (Wildman–Crippen LogP) is 0.942. The standard InChI is InChI=1S/C10H13ClN2O3/c1-5-6(10(14)15-2)4-7(13-16-3)9(12)8(5)11/h4,9H,12H2,1-3H3. The van der Waals surface area contributed by atoms with Crippen molar-refractivity contribution in [3.05, 3.63) is 22.3 Å². The summed E-state index contributed by atoms with van der Waals surface area (Å²) in [7, 11) is 2.69. The highest BCUT2D eigenvalue weighted by molar-refractivity contribution is 6.35. The normalized spacial score (nSPS) is 23.2. The maximum Gasteiger partial charge on any atom is 0.338 e. The van der Waals surface area contributed by atoms with E-state index in [1.54, 1.807) is 6.92 Å². The third-order valence-electron chi connectivity index (χ3n) is 2.25. The minimum Gasteiger partial charge on any atom is -0.465 e. The molecular formula is C10H13ClN2O3. The zero-order chi connectivity index (χ0) is 12.3. The van der Waals surface area contributed by atoms with E-state index in [2.05, 4.69) is 14.7 Å². The van der Waals surface area contributed by atoms with E-state index < -0.39 is 12.0 Å². The van der Waals surface area contributed by atoms with E-state index in [4.69, 9.17) is 17.3 Å². The van der Waals surface area contributed by atoms with Crippen LogP contribution in [0.5, 0.6) is 0 Å². The largest absolute Gasteiger partial charge is 0.465 e. The first-order chi connectivity index (χ1) is 7.52. The van der Waals surface area contributed by atoms with E-state index in [0.29, 0.717) is 21.9 Å². The van der Waals surface area contributed by atoms with E-state index in [1.165, 1.54) is 20.3 Å². The van der Waals surface area contributed by atoms with Crippen LogP contribution in [0.2, 0.25) is 0 Å². The number of esters is 1. The molecule has 0 saturated heterocycles. The highest BCUT2D eigenvalue weighted by Crippen LogP contribution is 2.26. The van der Waals surface area contributed by atoms with E-state index in [1.807, 2.05) is 0 Å². The van der Waals surface area contributed by atoms with Gasteiger partial charge in [0, 0.05) is 5.03 Å². The number of ether oxygens (including phenoxy) is 1. The van der Waals surface area contributed by atoms with Gasteiger partial charge in [0.05, 0.1) is 18.7 Å². The van der Waals surface area contributed by atoms with Gasteiger partial charge in [-0.1, -0.05) is 16.8 Å². The van der Waals surface area contributed by atoms with Gasteiger partial charge in [0.1, 0.15) is 12.8 Å². The molecule has 1 unspecified atom stereocenters. The highest BCUT2D eigenvalue weighted by atomic mass is 35.5. The smallest absolute Gasteiger partial charge is 0.338 e. The van der Waals surface area contributed by atoms with Crippen LogP contribution in [0.15, 0.2) is 27.4 Å². The number of nitrogens with zero attached hydrogens (tertiary/aromatic N) is 1. The summed E-state index contributed by atoms with van der Waals surface area (Å²) in [6.07, 6.45) is 1.52. The molecule has 0 aromatic heterocycles. The summed E-state index contributed by atoms with van der Waals surface area (Å²) < 4.78 is 4.63. The van der Waals surface area contributed by atoms with Gasteiger partial charge in [0.15, 0.2) is 0 Å². The van der Waals surface area contributed by atoms with Crippen molar-refractivity contribution in [1.82, 2.24) is 0 Å². The van der Waals surface area contributed by atoms with Gasteiger partial charge >= 0.3 is 5.97 Å². The zero-order valence-electron chi connectivity index (χ0n) is 9.28. The molecule has 16 heavy (non-hydrogen) atoms. The Hall–Kier alpha value is -1.33. The number of hydrogen-bond donors (Lipinski definition) is 1. The third-order valence-corrected chi connectivity index (χ3v) is 2.77. The van der Waals surface area contributed by atoms with Gasteiger partial charge in [0.25, 0.3) is 0 Å². The van der Waals surface area contributed by atoms with Crippen LogP contribution in [0.3, 0.4) is 0 Å². The van der Waals surface area contributed by atoms with Crippen molar-refractivity contribution in [2.75, 3.05) is 14.2 Å². The molecule has 0 aromatic carbocycles. The van der Waals surface area contributed by atoms with Crippen molar-refractivity contribution >= 4 is 23.3 Å². The van der Waals surface area contributed by atoms with Gasteiger partial charge in [-0.3, -0.25) is 0 Å². The van der Waals surface area contributed by atoms with E-state index in [9.17, 15) is 4.79 Å². The first kappa shape index (κ1) is 12.7. The molecule has 0 heterocycles. The number of carbonyl (C=O) groups excluding carboxylic acids is 1. The summed E-state index contributed by atoms with van der Waals surface area (Å²) >= 11 is 6.01. The number of oxime groups is 1. The molecule has 0 radical (unpaired) electrons. The fourth-order valence-electron chi connectivity index (χ4n) is 1.35. The van der Waals surface area contributed by atoms with Gasteiger partial charge in [-0.15, -0.1) is 0 Å². The van der Waals surface area contributed by atoms with Gasteiger partial charge in [-0.2, -0.15) is 0 Å². The molecule has 0 fully saturated rings. The monoisotopic (exact) mass is 244 g/mol. The van der Waals surface area contributed by atoms with Crippen LogP contribution in [0.25, 0.3) is 0 Å². The predicted molar refractivity (Wildman–Crippen MR) is 61.1 cm³/mol. The third kappa shape index (κ3) is 2.25. The second-order valence-electron chi connectivity index (χ2n) is 3.20. The van der Waals surface area contributed by atoms with Crippen molar-refractivity contribution in [3.8, 4) is 0 Å². The van der Waals surface area contributed by atoms with Crippen molar-refractivity contribution in [3.63, 3.8) is 0 Å². The van der Waals surface area contributed by atoms with Crippen LogP contribution >= 0.6 is 11.6 Å². The van der Waals surface area contributed by atoms with Gasteiger partial charge in [0.2, 0.25) is 0 Å². The Bertz CT molecular complexity index is 399. The molecule has 0 amide bonds. The van der Waals surface area contributed by atoms with E-state index in [0.717, 1.165) is 0 Å². The van der Waals surface area contributed by atoms with Crippen LogP contribution in [0, 0.1) is 0 Å². The summed E-state index contributed by atoms with van der Waals surface area (Å²) in [5, 5.41) is 4.07. The SMILES string of the molecule is CON=C1C=C(C(=O)OC)C(C)=C(Cl)C1N. The van der Waals surface area contributed by atoms with Crippen LogP contribution in [-0.2, 0) is 14.4 Å². The minimum atomic E-state index is -0.574. The lowest BCUT2D eigenvalue weighted by atomic mass is 9.94. The second-order valence-corrected chi connectivity index (χ2v) is 3.61. The molecule has 5 nitrogen and oxygen atoms in total. The molecule has 0 aliphatic heterocycles. The molecule has 88 valence electrons. The van der Waals surface area contributed by atoms with E-state index in [-0.39, 0.29) is 0 Å². The summed E-state index contributed by atoms with van der Waals surface area (Å²) in [5.41, 5.74) is 7.12. The molecule has 0 spiro atoms. The Balaban J connectivity index is 3.21. The highest BCUT2D eigenvalue weighted by Gasteiger charge is 2.27. The Morgan fingerprint density at radius 1 is 1.56 bits per heavy atom. The average Bonchev–Trinajstić information content (AvgIpc) is 2.29. The minimum absolute atomic E-state index is 0.338. The van der Waals surface area contributed by atoms with Gasteiger partial charge in [-0.25, -0.2) is 4.79 Å². The molecule has 1 aliphatic rings. The second kappa shape index (κ2) is 5.14. The molecule has 0 bridgehead atoms. The molecule has 0 aromatic rings. The Morgan fingerprint density at radius 2 is 2.19 bits per heavy atom. The Kier molecular flexibility index (Phi) is 4.09. The fraction of sp³-hybridized carbons (Fsp3) is 0.400. The summed E-state index contributed by atoms with van der Waals surface area (Å²) in [6, 6.07) is -0.574. The lowest BCUT2D eigenvalue weighted by Gasteiger charge is -2.20. The fourth-order valence-corrected chi connectivity index (χ4v) is 1.56. The first-order valence-electron chi connectivity index (χ1n) is 4.56. The molecule has 1 aliphatic carbocycles. The van der Waals surface area contributed by atoms with Gasteiger partial charge in [-0.05, 0) is 18.6 Å².